The molecule has 1 heterocycles. The van der Waals surface area contributed by atoms with Crippen molar-refractivity contribution in [1.29, 1.82) is 0 Å². The number of benzene rings is 1. The summed E-state index contributed by atoms with van der Waals surface area (Å²) in [7, 11) is 1.70. The van der Waals surface area contributed by atoms with Gasteiger partial charge in [0.1, 0.15) is 12.3 Å². The molecule has 1 aromatic rings. The number of amides is 1. The molecule has 134 valence electrons. The van der Waals surface area contributed by atoms with Gasteiger partial charge in [-0.25, -0.2) is 0 Å². The zero-order valence-corrected chi connectivity index (χ0v) is 15.3. The van der Waals surface area contributed by atoms with Crippen molar-refractivity contribution in [2.24, 2.45) is 0 Å². The van der Waals surface area contributed by atoms with E-state index in [4.69, 9.17) is 4.74 Å². The lowest BCUT2D eigenvalue weighted by atomic mass is 10.0. The van der Waals surface area contributed by atoms with Crippen LogP contribution >= 0.6 is 0 Å². The van der Waals surface area contributed by atoms with Crippen LogP contribution in [0.2, 0.25) is 0 Å². The molecular formula is C19H33N3O2+2. The van der Waals surface area contributed by atoms with Gasteiger partial charge in [-0.2, -0.15) is 0 Å². The second kappa shape index (κ2) is 9.64. The molecule has 0 spiro atoms. The van der Waals surface area contributed by atoms with Gasteiger partial charge >= 0.3 is 0 Å². The van der Waals surface area contributed by atoms with Gasteiger partial charge in [0.15, 0.2) is 12.6 Å². The normalized spacial score (nSPS) is 16.8. The maximum absolute atomic E-state index is 11.9. The van der Waals surface area contributed by atoms with Crippen LogP contribution in [0.25, 0.3) is 0 Å². The molecule has 1 fully saturated rings. The highest BCUT2D eigenvalue weighted by Crippen LogP contribution is 2.16. The van der Waals surface area contributed by atoms with Gasteiger partial charge in [-0.05, 0) is 57.4 Å². The fraction of sp³-hybridized carbons (Fsp3) is 0.632. The second-order valence-corrected chi connectivity index (χ2v) is 7.00. The fourth-order valence-electron chi connectivity index (χ4n) is 3.49. The molecule has 0 aliphatic carbocycles. The average molecular weight is 335 g/mol. The Hall–Kier alpha value is -1.59. The van der Waals surface area contributed by atoms with Gasteiger partial charge in [-0.15, -0.1) is 0 Å². The van der Waals surface area contributed by atoms with Crippen molar-refractivity contribution in [2.45, 2.75) is 45.2 Å². The number of quaternary nitrogens is 2. The van der Waals surface area contributed by atoms with Crippen molar-refractivity contribution in [1.82, 2.24) is 5.32 Å². The van der Waals surface area contributed by atoms with Crippen molar-refractivity contribution >= 4 is 5.91 Å². The van der Waals surface area contributed by atoms with Gasteiger partial charge < -0.3 is 20.3 Å². The highest BCUT2D eigenvalue weighted by atomic mass is 16.5. The first kappa shape index (κ1) is 18.7. The Morgan fingerprint density at radius 2 is 1.88 bits per heavy atom. The molecule has 24 heavy (non-hydrogen) atoms. The summed E-state index contributed by atoms with van der Waals surface area (Å²) in [6.07, 6.45) is 3.95. The van der Waals surface area contributed by atoms with Crippen LogP contribution in [0.4, 0.5) is 0 Å². The van der Waals surface area contributed by atoms with Crippen molar-refractivity contribution in [3.05, 3.63) is 29.8 Å². The molecule has 5 heteroatoms. The van der Waals surface area contributed by atoms with E-state index in [0.29, 0.717) is 12.6 Å². The monoisotopic (exact) mass is 335 g/mol. The SMILES string of the molecule is COc1ccc([C@H](C[NH2+]CC(=O)NC(C)C)[NH+]2CCCCC2)cc1. The average Bonchev–Trinajstić information content (AvgIpc) is 2.59. The molecule has 1 aromatic carbocycles. The quantitative estimate of drug-likeness (QED) is 0.621. The molecule has 0 bridgehead atoms. The number of ether oxygens (including phenoxy) is 1. The van der Waals surface area contributed by atoms with E-state index in [1.54, 1.807) is 12.0 Å². The van der Waals surface area contributed by atoms with Crippen LogP contribution in [0, 0.1) is 0 Å². The smallest absolute Gasteiger partial charge is 0.275 e. The Morgan fingerprint density at radius 3 is 2.46 bits per heavy atom. The Kier molecular flexibility index (Phi) is 7.53. The number of hydrogen-bond donors (Lipinski definition) is 3. The highest BCUT2D eigenvalue weighted by Gasteiger charge is 2.27. The van der Waals surface area contributed by atoms with Crippen LogP contribution in [0.1, 0.15) is 44.7 Å². The van der Waals surface area contributed by atoms with Crippen LogP contribution in [-0.4, -0.2) is 45.2 Å². The number of carbonyl (C=O) groups excluding carboxylic acids is 1. The van der Waals surface area contributed by atoms with Crippen molar-refractivity contribution in [2.75, 3.05) is 33.3 Å². The zero-order chi connectivity index (χ0) is 17.4. The lowest BCUT2D eigenvalue weighted by molar-refractivity contribution is -0.948. The van der Waals surface area contributed by atoms with E-state index in [1.165, 1.54) is 37.9 Å². The highest BCUT2D eigenvalue weighted by molar-refractivity contribution is 5.76. The minimum Gasteiger partial charge on any atom is -0.497 e. The van der Waals surface area contributed by atoms with Crippen molar-refractivity contribution in [3.63, 3.8) is 0 Å². The van der Waals surface area contributed by atoms with E-state index in [-0.39, 0.29) is 11.9 Å². The summed E-state index contributed by atoms with van der Waals surface area (Å²) in [5, 5.41) is 5.10. The van der Waals surface area contributed by atoms with Crippen molar-refractivity contribution in [3.8, 4) is 5.75 Å². The Morgan fingerprint density at radius 1 is 1.21 bits per heavy atom. The molecule has 2 rings (SSSR count). The lowest BCUT2D eigenvalue weighted by Crippen LogP contribution is -3.15. The summed E-state index contributed by atoms with van der Waals surface area (Å²) in [4.78, 5) is 13.5. The number of likely N-dealkylation sites (tertiary alicyclic amines) is 1. The number of methoxy groups -OCH3 is 1. The maximum Gasteiger partial charge on any atom is 0.275 e. The van der Waals surface area contributed by atoms with E-state index in [1.807, 2.05) is 26.0 Å². The molecule has 1 aliphatic heterocycles. The molecule has 0 aromatic heterocycles. The standard InChI is InChI=1S/C19H31N3O2/c1-15(2)21-19(23)14-20-13-18(22-11-5-4-6-12-22)16-7-9-17(24-3)10-8-16/h7-10,15,18,20H,4-6,11-14H2,1-3H3,(H,21,23)/p+2/t18-/m0/s1. The van der Waals surface area contributed by atoms with E-state index >= 15 is 0 Å². The minimum absolute atomic E-state index is 0.118. The minimum atomic E-state index is 0.118. The Balaban J connectivity index is 1.98. The topological polar surface area (TPSA) is 59.4 Å². The predicted molar refractivity (Wildman–Crippen MR) is 95.2 cm³/mol. The summed E-state index contributed by atoms with van der Waals surface area (Å²) in [6, 6.07) is 9.06. The third kappa shape index (κ3) is 5.80. The Bertz CT molecular complexity index is 496. The van der Waals surface area contributed by atoms with Crippen LogP contribution in [-0.2, 0) is 4.79 Å². The van der Waals surface area contributed by atoms with Crippen LogP contribution in [0.3, 0.4) is 0 Å². The van der Waals surface area contributed by atoms with E-state index in [9.17, 15) is 4.79 Å². The predicted octanol–water partition coefficient (Wildman–Crippen LogP) is -0.107. The van der Waals surface area contributed by atoms with Gasteiger partial charge in [-0.3, -0.25) is 4.79 Å². The summed E-state index contributed by atoms with van der Waals surface area (Å²) >= 11 is 0. The van der Waals surface area contributed by atoms with Crippen LogP contribution < -0.4 is 20.3 Å². The van der Waals surface area contributed by atoms with E-state index in [0.717, 1.165) is 12.3 Å². The summed E-state index contributed by atoms with van der Waals surface area (Å²) in [5.41, 5.74) is 1.34. The number of hydrogen-bond acceptors (Lipinski definition) is 2. The largest absolute Gasteiger partial charge is 0.497 e. The number of rotatable bonds is 8. The number of piperidine rings is 1. The number of nitrogens with one attached hydrogen (secondary N) is 2. The first-order valence-electron chi connectivity index (χ1n) is 9.19. The molecule has 4 N–H and O–H groups in total. The third-order valence-electron chi connectivity index (χ3n) is 4.69. The lowest BCUT2D eigenvalue weighted by Gasteiger charge is -2.31. The molecule has 0 radical (unpaired) electrons. The first-order chi connectivity index (χ1) is 11.6. The van der Waals surface area contributed by atoms with Crippen LogP contribution in [0.15, 0.2) is 24.3 Å². The molecule has 1 atom stereocenters. The first-order valence-corrected chi connectivity index (χ1v) is 9.19. The van der Waals surface area contributed by atoms with Gasteiger partial charge in [0.2, 0.25) is 0 Å². The second-order valence-electron chi connectivity index (χ2n) is 7.00. The number of nitrogens with two attached hydrogens (primary N) is 1. The van der Waals surface area contributed by atoms with Crippen molar-refractivity contribution < 1.29 is 19.7 Å². The van der Waals surface area contributed by atoms with E-state index < -0.39 is 0 Å². The Labute approximate surface area is 145 Å². The fourth-order valence-corrected chi connectivity index (χ4v) is 3.49. The summed E-state index contributed by atoms with van der Waals surface area (Å²) < 4.78 is 5.28. The van der Waals surface area contributed by atoms with Crippen LogP contribution in [0.5, 0.6) is 5.75 Å². The number of carbonyl (C=O) groups is 1. The summed E-state index contributed by atoms with van der Waals surface area (Å²) in [5.74, 6) is 1.01. The molecule has 1 amide bonds. The van der Waals surface area contributed by atoms with Gasteiger partial charge in [0.25, 0.3) is 5.91 Å². The molecule has 1 aliphatic rings. The van der Waals surface area contributed by atoms with Gasteiger partial charge in [0, 0.05) is 11.6 Å². The van der Waals surface area contributed by atoms with E-state index in [2.05, 4.69) is 22.8 Å². The maximum atomic E-state index is 11.9. The molecule has 5 nitrogen and oxygen atoms in total. The molecular weight excluding hydrogens is 302 g/mol. The molecule has 0 unspecified atom stereocenters. The molecule has 0 saturated carbocycles. The third-order valence-corrected chi connectivity index (χ3v) is 4.69. The van der Waals surface area contributed by atoms with Gasteiger partial charge in [-0.1, -0.05) is 0 Å². The van der Waals surface area contributed by atoms with Gasteiger partial charge in [0.05, 0.1) is 20.2 Å². The molecule has 1 saturated heterocycles. The zero-order valence-electron chi connectivity index (χ0n) is 15.3. The summed E-state index contributed by atoms with van der Waals surface area (Å²) in [6.45, 7) is 7.88.